The van der Waals surface area contributed by atoms with Crippen molar-refractivity contribution in [1.82, 2.24) is 10.3 Å². The molecule has 4 rings (SSSR count). The lowest BCUT2D eigenvalue weighted by molar-refractivity contribution is -0.498. The normalized spacial score (nSPS) is 15.6. The predicted octanol–water partition coefficient (Wildman–Crippen LogP) is 2.97. The molecule has 0 atom stereocenters. The number of imidazole rings is 1. The molecule has 134 valence electrons. The van der Waals surface area contributed by atoms with Gasteiger partial charge in [0.15, 0.2) is 5.52 Å². The molecule has 3 aromatic rings. The summed E-state index contributed by atoms with van der Waals surface area (Å²) in [6.07, 6.45) is 4.94. The van der Waals surface area contributed by atoms with E-state index in [2.05, 4.69) is 10.3 Å². The number of aliphatic hydroxyl groups excluding tert-OH is 1. The topological polar surface area (TPSA) is 69.2 Å². The third kappa shape index (κ3) is 2.97. The van der Waals surface area contributed by atoms with E-state index in [1.54, 1.807) is 0 Å². The number of carbonyl (C=O) groups is 1. The second kappa shape index (κ2) is 6.74. The van der Waals surface area contributed by atoms with Crippen molar-refractivity contribution in [3.63, 3.8) is 0 Å². The average molecular weight is 371 g/mol. The summed E-state index contributed by atoms with van der Waals surface area (Å²) in [4.78, 5) is 16.1. The van der Waals surface area contributed by atoms with Crippen LogP contribution in [0.4, 0.5) is 0 Å². The zero-order chi connectivity index (χ0) is 18.1. The number of benzene rings is 1. The molecule has 5 nitrogen and oxygen atoms in total. The van der Waals surface area contributed by atoms with Gasteiger partial charge in [0.05, 0.1) is 18.4 Å². The van der Waals surface area contributed by atoms with Crippen LogP contribution in [0.15, 0.2) is 48.7 Å². The Labute approximate surface area is 156 Å². The number of hydrogen-bond donors (Lipinski definition) is 3. The molecule has 0 radical (unpaired) electrons. The first-order valence-electron chi connectivity index (χ1n) is 8.79. The summed E-state index contributed by atoms with van der Waals surface area (Å²) in [5.41, 5.74) is 2.06. The molecule has 2 heterocycles. The number of aliphatic hydroxyl groups is 1. The number of aromatic nitrogens is 2. The molecule has 1 fully saturated rings. The second-order valence-electron chi connectivity index (χ2n) is 7.01. The first-order chi connectivity index (χ1) is 12.6. The minimum atomic E-state index is -0.165. The van der Waals surface area contributed by atoms with Crippen molar-refractivity contribution in [2.75, 3.05) is 13.2 Å². The number of H-pyrrole nitrogens is 1. The van der Waals surface area contributed by atoms with E-state index in [0.29, 0.717) is 17.3 Å². The molecule has 1 aromatic carbocycles. The molecular weight excluding hydrogens is 350 g/mol. The van der Waals surface area contributed by atoms with Crippen LogP contribution in [0.2, 0.25) is 5.02 Å². The molecular formula is C20H21ClN3O2+. The Morgan fingerprint density at radius 2 is 2.12 bits per heavy atom. The van der Waals surface area contributed by atoms with Crippen LogP contribution >= 0.6 is 11.6 Å². The van der Waals surface area contributed by atoms with E-state index in [9.17, 15) is 9.90 Å². The highest BCUT2D eigenvalue weighted by molar-refractivity contribution is 6.30. The Hall–Kier alpha value is -2.37. The van der Waals surface area contributed by atoms with Gasteiger partial charge in [-0.25, -0.2) is 4.98 Å². The number of hydrogen-bond acceptors (Lipinski definition) is 2. The number of aromatic amines is 1. The maximum absolute atomic E-state index is 12.8. The van der Waals surface area contributed by atoms with Gasteiger partial charge in [-0.15, -0.1) is 0 Å². The predicted molar refractivity (Wildman–Crippen MR) is 100 cm³/mol. The number of fused-ring (bicyclic) bond motifs is 1. The Morgan fingerprint density at radius 1 is 1.27 bits per heavy atom. The van der Waals surface area contributed by atoms with Crippen molar-refractivity contribution >= 4 is 23.0 Å². The quantitative estimate of drug-likeness (QED) is 0.604. The lowest BCUT2D eigenvalue weighted by Gasteiger charge is -2.40. The zero-order valence-electron chi connectivity index (χ0n) is 14.3. The van der Waals surface area contributed by atoms with E-state index in [-0.39, 0.29) is 17.9 Å². The van der Waals surface area contributed by atoms with Crippen molar-refractivity contribution in [1.29, 1.82) is 0 Å². The Bertz CT molecular complexity index is 957. The van der Waals surface area contributed by atoms with Gasteiger partial charge in [0.1, 0.15) is 0 Å². The molecule has 2 aromatic heterocycles. The van der Waals surface area contributed by atoms with Gasteiger partial charge in [-0.2, -0.15) is 4.40 Å². The highest BCUT2D eigenvalue weighted by atomic mass is 35.5. The summed E-state index contributed by atoms with van der Waals surface area (Å²) in [6.45, 7) is 0.605. The van der Waals surface area contributed by atoms with Gasteiger partial charge >= 0.3 is 0 Å². The molecule has 0 saturated heterocycles. The molecule has 3 N–H and O–H groups in total. The third-order valence-electron chi connectivity index (χ3n) is 5.30. The minimum Gasteiger partial charge on any atom is -0.396 e. The Balaban J connectivity index is 1.68. The summed E-state index contributed by atoms with van der Waals surface area (Å²) in [6, 6.07) is 13.3. The van der Waals surface area contributed by atoms with Crippen LogP contribution in [0, 0.1) is 5.41 Å². The van der Waals surface area contributed by atoms with E-state index in [4.69, 9.17) is 11.6 Å². The Morgan fingerprint density at radius 3 is 2.81 bits per heavy atom. The number of amides is 1. The molecule has 1 amide bonds. The summed E-state index contributed by atoms with van der Waals surface area (Å²) < 4.78 is 1.95. The van der Waals surface area contributed by atoms with Gasteiger partial charge in [0.25, 0.3) is 11.7 Å². The van der Waals surface area contributed by atoms with Crippen LogP contribution in [0.25, 0.3) is 16.9 Å². The van der Waals surface area contributed by atoms with Gasteiger partial charge in [0.2, 0.25) is 5.69 Å². The lowest BCUT2D eigenvalue weighted by atomic mass is 9.69. The maximum atomic E-state index is 12.8. The highest BCUT2D eigenvalue weighted by Crippen LogP contribution is 2.39. The van der Waals surface area contributed by atoms with Crippen molar-refractivity contribution in [2.45, 2.75) is 19.3 Å². The first kappa shape index (κ1) is 17.1. The fourth-order valence-electron chi connectivity index (χ4n) is 3.53. The minimum absolute atomic E-state index is 0.112. The summed E-state index contributed by atoms with van der Waals surface area (Å²) >= 11 is 6.13. The monoisotopic (exact) mass is 370 g/mol. The smallest absolute Gasteiger partial charge is 0.295 e. The van der Waals surface area contributed by atoms with Crippen LogP contribution in [-0.4, -0.2) is 29.1 Å². The van der Waals surface area contributed by atoms with Crippen LogP contribution in [0.1, 0.15) is 29.8 Å². The van der Waals surface area contributed by atoms with Crippen LogP contribution in [-0.2, 0) is 0 Å². The van der Waals surface area contributed by atoms with E-state index < -0.39 is 0 Å². The van der Waals surface area contributed by atoms with Crippen LogP contribution in [0.5, 0.6) is 0 Å². The van der Waals surface area contributed by atoms with Gasteiger partial charge < -0.3 is 10.4 Å². The molecule has 0 unspecified atom stereocenters. The molecule has 1 aliphatic rings. The van der Waals surface area contributed by atoms with Gasteiger partial charge in [0, 0.05) is 17.0 Å². The number of carbonyl (C=O) groups excluding carboxylic acids is 1. The van der Waals surface area contributed by atoms with Crippen LogP contribution in [0.3, 0.4) is 0 Å². The number of rotatable bonds is 5. The highest BCUT2D eigenvalue weighted by Gasteiger charge is 2.37. The number of nitrogens with zero attached hydrogens (tertiary/aromatic N) is 1. The fourth-order valence-corrected chi connectivity index (χ4v) is 3.72. The number of nitrogens with one attached hydrogen (secondary N) is 2. The largest absolute Gasteiger partial charge is 0.396 e. The van der Waals surface area contributed by atoms with Crippen molar-refractivity contribution in [3.05, 3.63) is 59.4 Å². The Kier molecular flexibility index (Phi) is 4.42. The second-order valence-corrected chi connectivity index (χ2v) is 7.45. The van der Waals surface area contributed by atoms with Crippen molar-refractivity contribution in [3.8, 4) is 11.4 Å². The van der Waals surface area contributed by atoms with Crippen molar-refractivity contribution < 1.29 is 14.3 Å². The average Bonchev–Trinajstić information content (AvgIpc) is 3.01. The standard InChI is InChI=1S/C20H20ClN3O2/c21-15-6-3-5-14(11-15)18-23-17(16-7-1-2-10-24(16)18)19(26)22-12-20(13-25)8-4-9-20/h1-3,5-7,10-11,25H,4,8-9,12-13H2,(H,22,26)/p+1. The fraction of sp³-hybridized carbons (Fsp3) is 0.300. The number of pyridine rings is 1. The molecule has 1 saturated carbocycles. The van der Waals surface area contributed by atoms with Crippen molar-refractivity contribution in [2.24, 2.45) is 5.41 Å². The van der Waals surface area contributed by atoms with E-state index in [0.717, 1.165) is 36.2 Å². The molecule has 1 aliphatic carbocycles. The zero-order valence-corrected chi connectivity index (χ0v) is 15.1. The molecule has 26 heavy (non-hydrogen) atoms. The van der Waals surface area contributed by atoms with Gasteiger partial charge in [-0.1, -0.05) is 30.2 Å². The number of halogens is 1. The van der Waals surface area contributed by atoms with E-state index in [1.165, 1.54) is 0 Å². The first-order valence-corrected chi connectivity index (χ1v) is 9.17. The van der Waals surface area contributed by atoms with Crippen LogP contribution < -0.4 is 9.72 Å². The summed E-state index contributed by atoms with van der Waals surface area (Å²) in [5, 5.41) is 13.2. The summed E-state index contributed by atoms with van der Waals surface area (Å²) in [5.74, 6) is 0.635. The third-order valence-corrected chi connectivity index (χ3v) is 5.53. The molecule has 0 aliphatic heterocycles. The molecule has 6 heteroatoms. The SMILES string of the molecule is O=C(NCC1(CO)CCC1)c1[nH]c(-c2cccc(Cl)c2)[n+]2ccccc12. The van der Waals surface area contributed by atoms with E-state index in [1.807, 2.05) is 53.1 Å². The van der Waals surface area contributed by atoms with E-state index >= 15 is 0 Å². The van der Waals surface area contributed by atoms with Gasteiger partial charge in [-0.3, -0.25) is 4.79 Å². The lowest BCUT2D eigenvalue weighted by Crippen LogP contribution is -2.44. The molecule has 0 spiro atoms. The van der Waals surface area contributed by atoms with Gasteiger partial charge in [-0.05, 0) is 43.2 Å². The maximum Gasteiger partial charge on any atom is 0.295 e. The molecule has 0 bridgehead atoms. The summed E-state index contributed by atoms with van der Waals surface area (Å²) in [7, 11) is 0.